The van der Waals surface area contributed by atoms with Crippen molar-refractivity contribution < 1.29 is 19.1 Å². The molecule has 7 heteroatoms. The number of imide groups is 1. The maximum absolute atomic E-state index is 13.3. The molecule has 2 aromatic rings. The van der Waals surface area contributed by atoms with Crippen molar-refractivity contribution in [3.8, 4) is 0 Å². The Morgan fingerprint density at radius 1 is 0.967 bits per heavy atom. The summed E-state index contributed by atoms with van der Waals surface area (Å²) in [7, 11) is 0. The number of fused-ring (bicyclic) bond motifs is 1. The van der Waals surface area contributed by atoms with Crippen LogP contribution in [-0.4, -0.2) is 35.4 Å². The van der Waals surface area contributed by atoms with Crippen molar-refractivity contribution in [2.45, 2.75) is 12.6 Å². The Kier molecular flexibility index (Phi) is 4.70. The second-order valence-corrected chi connectivity index (χ2v) is 8.69. The van der Waals surface area contributed by atoms with Gasteiger partial charge in [-0.2, -0.15) is 0 Å². The van der Waals surface area contributed by atoms with E-state index < -0.39 is 24.0 Å². The summed E-state index contributed by atoms with van der Waals surface area (Å²) in [6.45, 7) is 0.548. The number of amides is 3. The van der Waals surface area contributed by atoms with Gasteiger partial charge in [0.1, 0.15) is 6.61 Å². The Morgan fingerprint density at radius 2 is 1.67 bits per heavy atom. The second-order valence-electron chi connectivity index (χ2n) is 7.77. The molecule has 0 N–H and O–H groups in total. The molecule has 6 nitrogen and oxygen atoms in total. The summed E-state index contributed by atoms with van der Waals surface area (Å²) in [6.07, 6.45) is 3.37. The molecule has 3 aliphatic heterocycles. The van der Waals surface area contributed by atoms with Crippen molar-refractivity contribution in [3.63, 3.8) is 0 Å². The van der Waals surface area contributed by atoms with Crippen LogP contribution in [0.2, 0.25) is 0 Å². The van der Waals surface area contributed by atoms with Crippen molar-refractivity contribution in [2.75, 3.05) is 11.4 Å². The van der Waals surface area contributed by atoms with Crippen molar-refractivity contribution in [2.24, 2.45) is 17.8 Å². The number of ether oxygens (including phenoxy) is 1. The number of rotatable bonds is 3. The zero-order valence-corrected chi connectivity index (χ0v) is 17.6. The topological polar surface area (TPSA) is 66.9 Å². The second kappa shape index (κ2) is 7.40. The molecule has 4 atom stereocenters. The minimum Gasteiger partial charge on any atom is -0.445 e. The molecule has 30 heavy (non-hydrogen) atoms. The van der Waals surface area contributed by atoms with Crippen molar-refractivity contribution in [3.05, 3.63) is 76.8 Å². The third kappa shape index (κ3) is 3.04. The number of anilines is 1. The Labute approximate surface area is 182 Å². The molecule has 1 aliphatic carbocycles. The summed E-state index contributed by atoms with van der Waals surface area (Å²) < 4.78 is 6.37. The lowest BCUT2D eigenvalue weighted by Gasteiger charge is -2.45. The highest BCUT2D eigenvalue weighted by Gasteiger charge is 2.60. The fraction of sp³-hybridized carbons (Fsp3) is 0.261. The molecule has 0 aromatic heterocycles. The molecular formula is C23H19BrN2O4. The number of benzene rings is 2. The first kappa shape index (κ1) is 19.1. The summed E-state index contributed by atoms with van der Waals surface area (Å²) in [6, 6.07) is 16.1. The monoisotopic (exact) mass is 466 g/mol. The molecule has 0 radical (unpaired) electrons. The van der Waals surface area contributed by atoms with E-state index >= 15 is 0 Å². The van der Waals surface area contributed by atoms with Gasteiger partial charge in [0.05, 0.1) is 23.6 Å². The number of carbonyl (C=O) groups excluding carboxylic acids is 3. The quantitative estimate of drug-likeness (QED) is 0.510. The van der Waals surface area contributed by atoms with Gasteiger partial charge < -0.3 is 9.64 Å². The number of hydrogen-bond acceptors (Lipinski definition) is 4. The molecule has 3 amide bonds. The molecule has 152 valence electrons. The maximum Gasteiger partial charge on any atom is 0.410 e. The summed E-state index contributed by atoms with van der Waals surface area (Å²) in [5.74, 6) is -1.65. The molecule has 3 heterocycles. The predicted molar refractivity (Wildman–Crippen MR) is 113 cm³/mol. The Bertz CT molecular complexity index is 1040. The van der Waals surface area contributed by atoms with E-state index in [1.165, 1.54) is 4.90 Å². The van der Waals surface area contributed by atoms with E-state index in [2.05, 4.69) is 15.9 Å². The van der Waals surface area contributed by atoms with Crippen LogP contribution in [-0.2, 0) is 20.9 Å². The van der Waals surface area contributed by atoms with Crippen LogP contribution in [0.25, 0.3) is 0 Å². The van der Waals surface area contributed by atoms with E-state index in [0.717, 1.165) is 10.0 Å². The Morgan fingerprint density at radius 3 is 2.40 bits per heavy atom. The Balaban J connectivity index is 1.37. The summed E-state index contributed by atoms with van der Waals surface area (Å²) in [5.41, 5.74) is 1.45. The lowest BCUT2D eigenvalue weighted by Crippen LogP contribution is -2.58. The van der Waals surface area contributed by atoms with E-state index in [0.29, 0.717) is 12.2 Å². The number of nitrogens with zero attached hydrogens (tertiary/aromatic N) is 2. The van der Waals surface area contributed by atoms with Gasteiger partial charge in [-0.25, -0.2) is 9.69 Å². The highest BCUT2D eigenvalue weighted by molar-refractivity contribution is 9.10. The van der Waals surface area contributed by atoms with Crippen molar-refractivity contribution in [1.29, 1.82) is 0 Å². The molecule has 0 spiro atoms. The van der Waals surface area contributed by atoms with Gasteiger partial charge in [0.25, 0.3) is 0 Å². The van der Waals surface area contributed by atoms with Crippen LogP contribution < -0.4 is 4.90 Å². The van der Waals surface area contributed by atoms with Crippen LogP contribution in [0.1, 0.15) is 5.56 Å². The van der Waals surface area contributed by atoms with Crippen LogP contribution in [0.3, 0.4) is 0 Å². The molecule has 0 unspecified atom stereocenters. The number of piperidine rings is 1. The van der Waals surface area contributed by atoms with Crippen LogP contribution >= 0.6 is 15.9 Å². The van der Waals surface area contributed by atoms with Crippen molar-refractivity contribution in [1.82, 2.24) is 4.90 Å². The molecule has 6 rings (SSSR count). The zero-order chi connectivity index (χ0) is 20.8. The number of carbonyl (C=O) groups is 3. The van der Waals surface area contributed by atoms with Crippen LogP contribution in [0, 0.1) is 17.8 Å². The smallest absolute Gasteiger partial charge is 0.410 e. The highest BCUT2D eigenvalue weighted by Crippen LogP contribution is 2.46. The summed E-state index contributed by atoms with van der Waals surface area (Å²) in [5, 5.41) is 0. The molecule has 4 aliphatic rings. The first-order valence-corrected chi connectivity index (χ1v) is 10.6. The third-order valence-corrected chi connectivity index (χ3v) is 6.60. The third-order valence-electron chi connectivity index (χ3n) is 6.07. The van der Waals surface area contributed by atoms with Crippen molar-refractivity contribution >= 4 is 39.5 Å². The van der Waals surface area contributed by atoms with Gasteiger partial charge in [-0.05, 0) is 29.8 Å². The van der Waals surface area contributed by atoms with Crippen LogP contribution in [0.5, 0.6) is 0 Å². The van der Waals surface area contributed by atoms with Crippen LogP contribution in [0.4, 0.5) is 10.5 Å². The molecule has 2 aromatic carbocycles. The fourth-order valence-electron chi connectivity index (χ4n) is 4.68. The summed E-state index contributed by atoms with van der Waals surface area (Å²) in [4.78, 5) is 42.0. The van der Waals surface area contributed by atoms with E-state index in [9.17, 15) is 14.4 Å². The minimum atomic E-state index is -0.575. The fourth-order valence-corrected chi connectivity index (χ4v) is 4.95. The summed E-state index contributed by atoms with van der Waals surface area (Å²) >= 11 is 3.37. The van der Waals surface area contributed by atoms with Gasteiger partial charge >= 0.3 is 6.09 Å². The first-order valence-electron chi connectivity index (χ1n) is 9.83. The average Bonchev–Trinajstić information content (AvgIpc) is 3.06. The van der Waals surface area contributed by atoms with Gasteiger partial charge in [0.15, 0.2) is 0 Å². The van der Waals surface area contributed by atoms with Gasteiger partial charge in [-0.3, -0.25) is 9.59 Å². The molecule has 0 saturated carbocycles. The van der Waals surface area contributed by atoms with E-state index in [1.807, 2.05) is 42.5 Å². The molecule has 2 bridgehead atoms. The average molecular weight is 467 g/mol. The minimum absolute atomic E-state index is 0.170. The van der Waals surface area contributed by atoms with E-state index in [4.69, 9.17) is 4.74 Å². The van der Waals surface area contributed by atoms with Gasteiger partial charge in [0, 0.05) is 16.9 Å². The molecule has 2 saturated heterocycles. The normalized spacial score (nSPS) is 26.8. The highest BCUT2D eigenvalue weighted by atomic mass is 79.9. The molecule has 2 fully saturated rings. The standard InChI is InChI=1S/C23H19BrN2O4/c24-16-7-9-17(10-8-16)26-21(27)19-15-6-11-18(20(19)22(26)28)25(12-15)23(29)30-13-14-4-2-1-3-5-14/h1-11,15,18-20H,12-13H2/t15-,18-,19+,20-/m0/s1. The first-order chi connectivity index (χ1) is 14.5. The molecular weight excluding hydrogens is 448 g/mol. The van der Waals surface area contributed by atoms with E-state index in [1.54, 1.807) is 29.2 Å². The SMILES string of the molecule is O=C1[C@@H]2[C@H](C(=O)N1c1ccc(Br)cc1)[C@H]1C=C[C@@H]2N(C(=O)OCc2ccccc2)C1. The Hall–Kier alpha value is -2.93. The van der Waals surface area contributed by atoms with Crippen LogP contribution in [0.15, 0.2) is 71.2 Å². The lowest BCUT2D eigenvalue weighted by molar-refractivity contribution is -0.126. The number of halogens is 1. The number of hydrogen-bond donors (Lipinski definition) is 0. The van der Waals surface area contributed by atoms with E-state index in [-0.39, 0.29) is 24.3 Å². The predicted octanol–water partition coefficient (Wildman–Crippen LogP) is 3.76. The zero-order valence-electron chi connectivity index (χ0n) is 16.0. The van der Waals surface area contributed by atoms with Gasteiger partial charge in [-0.15, -0.1) is 0 Å². The lowest BCUT2D eigenvalue weighted by atomic mass is 9.70. The largest absolute Gasteiger partial charge is 0.445 e. The van der Waals surface area contributed by atoms with Gasteiger partial charge in [0.2, 0.25) is 11.8 Å². The van der Waals surface area contributed by atoms with Gasteiger partial charge in [-0.1, -0.05) is 58.4 Å². The maximum atomic E-state index is 13.3.